The molecule has 20 heavy (non-hydrogen) atoms. The second-order valence-corrected chi connectivity index (χ2v) is 4.92. The molecule has 1 aromatic rings. The molecule has 0 saturated heterocycles. The summed E-state index contributed by atoms with van der Waals surface area (Å²) >= 11 is 1.45. The molecule has 0 aromatic heterocycles. The van der Waals surface area contributed by atoms with E-state index in [1.807, 2.05) is 11.6 Å². The Morgan fingerprint density at radius 3 is 2.45 bits per heavy atom. The number of halogens is 3. The fourth-order valence-corrected chi connectivity index (χ4v) is 2.20. The van der Waals surface area contributed by atoms with Gasteiger partial charge in [0.25, 0.3) is 0 Å². The van der Waals surface area contributed by atoms with Crippen LogP contribution in [0.4, 0.5) is 23.7 Å². The molecule has 1 rings (SSSR count). The zero-order valence-electron chi connectivity index (χ0n) is 10.8. The number of hydrogen-bond donors (Lipinski definition) is 3. The zero-order chi connectivity index (χ0) is 15.1. The maximum Gasteiger partial charge on any atom is 0.319 e. The number of hydrogen-bond acceptors (Lipinski definition) is 3. The highest BCUT2D eigenvalue weighted by atomic mass is 32.2. The van der Waals surface area contributed by atoms with E-state index in [4.69, 9.17) is 5.11 Å². The lowest BCUT2D eigenvalue weighted by molar-refractivity contribution is 0.241. The van der Waals surface area contributed by atoms with Crippen molar-refractivity contribution >= 4 is 23.5 Å². The largest absolute Gasteiger partial charge is 0.396 e. The van der Waals surface area contributed by atoms with Crippen molar-refractivity contribution in [3.05, 3.63) is 29.6 Å². The Hall–Kier alpha value is -1.41. The van der Waals surface area contributed by atoms with Crippen LogP contribution in [0.15, 0.2) is 12.1 Å². The Bertz CT molecular complexity index is 445. The van der Waals surface area contributed by atoms with Crippen molar-refractivity contribution in [1.29, 1.82) is 0 Å². The van der Waals surface area contributed by atoms with Crippen LogP contribution in [0.3, 0.4) is 0 Å². The number of rotatable bonds is 6. The van der Waals surface area contributed by atoms with Crippen molar-refractivity contribution in [3.8, 4) is 0 Å². The fraction of sp³-hybridized carbons (Fsp3) is 0.417. The molecule has 0 heterocycles. The molecule has 8 heteroatoms. The highest BCUT2D eigenvalue weighted by Crippen LogP contribution is 2.20. The fourth-order valence-electron chi connectivity index (χ4n) is 1.55. The molecule has 2 amide bonds. The van der Waals surface area contributed by atoms with E-state index in [0.29, 0.717) is 24.3 Å². The second-order valence-electron chi connectivity index (χ2n) is 4.01. The summed E-state index contributed by atoms with van der Waals surface area (Å²) in [6, 6.07) is -0.194. The molecule has 1 aromatic carbocycles. The normalized spacial score (nSPS) is 12.1. The molecule has 0 radical (unpaired) electrons. The summed E-state index contributed by atoms with van der Waals surface area (Å²) in [5.41, 5.74) is -0.712. The molecule has 1 atom stereocenters. The van der Waals surface area contributed by atoms with E-state index in [1.165, 1.54) is 11.8 Å². The number of urea groups is 1. The summed E-state index contributed by atoms with van der Waals surface area (Å²) < 4.78 is 39.4. The number of carbonyl (C=O) groups is 1. The van der Waals surface area contributed by atoms with Gasteiger partial charge in [0, 0.05) is 30.5 Å². The number of amides is 2. The summed E-state index contributed by atoms with van der Waals surface area (Å²) in [6.45, 7) is -0.120. The average Bonchev–Trinajstić information content (AvgIpc) is 2.34. The van der Waals surface area contributed by atoms with Gasteiger partial charge in [0.15, 0.2) is 11.6 Å². The first-order valence-electron chi connectivity index (χ1n) is 5.79. The first kappa shape index (κ1) is 16.6. The molecule has 0 aliphatic rings. The minimum absolute atomic E-state index is 0.120. The topological polar surface area (TPSA) is 61.4 Å². The number of anilines is 1. The van der Waals surface area contributed by atoms with Crippen LogP contribution in [0.1, 0.15) is 6.42 Å². The quantitative estimate of drug-likeness (QED) is 0.756. The van der Waals surface area contributed by atoms with Gasteiger partial charge in [-0.2, -0.15) is 11.8 Å². The van der Waals surface area contributed by atoms with Crippen LogP contribution in [0.5, 0.6) is 0 Å². The van der Waals surface area contributed by atoms with Gasteiger partial charge < -0.3 is 15.7 Å². The molecule has 0 spiro atoms. The van der Waals surface area contributed by atoms with Crippen molar-refractivity contribution in [2.75, 3.05) is 23.9 Å². The Kier molecular flexibility index (Phi) is 6.66. The van der Waals surface area contributed by atoms with Gasteiger partial charge in [-0.25, -0.2) is 18.0 Å². The maximum atomic E-state index is 13.3. The van der Waals surface area contributed by atoms with Gasteiger partial charge in [-0.15, -0.1) is 0 Å². The van der Waals surface area contributed by atoms with Crippen LogP contribution in [0.25, 0.3) is 0 Å². The Balaban J connectivity index is 2.70. The van der Waals surface area contributed by atoms with E-state index in [1.54, 1.807) is 0 Å². The number of aliphatic hydroxyl groups is 1. The summed E-state index contributed by atoms with van der Waals surface area (Å²) in [5.74, 6) is -2.91. The van der Waals surface area contributed by atoms with Gasteiger partial charge >= 0.3 is 6.03 Å². The first-order valence-corrected chi connectivity index (χ1v) is 7.19. The van der Waals surface area contributed by atoms with Crippen LogP contribution in [-0.2, 0) is 0 Å². The molecule has 0 aliphatic carbocycles. The molecule has 3 N–H and O–H groups in total. The van der Waals surface area contributed by atoms with Crippen molar-refractivity contribution in [2.24, 2.45) is 0 Å². The molecule has 0 aliphatic heterocycles. The molecule has 1 unspecified atom stereocenters. The van der Waals surface area contributed by atoms with Crippen LogP contribution in [0, 0.1) is 17.5 Å². The lowest BCUT2D eigenvalue weighted by Gasteiger charge is -2.17. The molecule has 0 saturated carbocycles. The highest BCUT2D eigenvalue weighted by Gasteiger charge is 2.16. The van der Waals surface area contributed by atoms with Gasteiger partial charge in [-0.1, -0.05) is 0 Å². The van der Waals surface area contributed by atoms with Crippen LogP contribution < -0.4 is 10.6 Å². The van der Waals surface area contributed by atoms with E-state index < -0.39 is 29.2 Å². The summed E-state index contributed by atoms with van der Waals surface area (Å²) in [4.78, 5) is 11.6. The maximum absolute atomic E-state index is 13.3. The summed E-state index contributed by atoms with van der Waals surface area (Å²) in [7, 11) is 0. The smallest absolute Gasteiger partial charge is 0.319 e. The van der Waals surface area contributed by atoms with E-state index >= 15 is 0 Å². The van der Waals surface area contributed by atoms with Crippen molar-refractivity contribution < 1.29 is 23.1 Å². The van der Waals surface area contributed by atoms with Gasteiger partial charge in [0.2, 0.25) is 0 Å². The van der Waals surface area contributed by atoms with Crippen molar-refractivity contribution in [2.45, 2.75) is 12.5 Å². The Labute approximate surface area is 118 Å². The predicted molar refractivity (Wildman–Crippen MR) is 72.3 cm³/mol. The Morgan fingerprint density at radius 2 is 1.95 bits per heavy atom. The zero-order valence-corrected chi connectivity index (χ0v) is 11.6. The third-order valence-corrected chi connectivity index (χ3v) is 3.16. The van der Waals surface area contributed by atoms with Gasteiger partial charge in [-0.05, 0) is 12.7 Å². The SMILES string of the molecule is CSCC(CCO)NC(=O)Nc1c(F)cc(F)cc1F. The molecule has 4 nitrogen and oxygen atoms in total. The van der Waals surface area contributed by atoms with Gasteiger partial charge in [-0.3, -0.25) is 0 Å². The Morgan fingerprint density at radius 1 is 1.35 bits per heavy atom. The minimum atomic E-state index is -1.19. The molecular formula is C12H15F3N2O2S. The average molecular weight is 308 g/mol. The third kappa shape index (κ3) is 4.93. The van der Waals surface area contributed by atoms with Crippen LogP contribution in [0.2, 0.25) is 0 Å². The van der Waals surface area contributed by atoms with E-state index in [9.17, 15) is 18.0 Å². The number of thioether (sulfide) groups is 1. The minimum Gasteiger partial charge on any atom is -0.396 e. The summed E-state index contributed by atoms with van der Waals surface area (Å²) in [6.07, 6.45) is 2.14. The molecule has 0 bridgehead atoms. The van der Waals surface area contributed by atoms with E-state index in [0.717, 1.165) is 0 Å². The van der Waals surface area contributed by atoms with Crippen molar-refractivity contribution in [1.82, 2.24) is 5.32 Å². The predicted octanol–water partition coefficient (Wildman–Crippen LogP) is 2.34. The molecule has 0 fully saturated rings. The van der Waals surface area contributed by atoms with Crippen molar-refractivity contribution in [3.63, 3.8) is 0 Å². The molecule has 112 valence electrons. The summed E-state index contributed by atoms with van der Waals surface area (Å²) in [5, 5.41) is 13.3. The van der Waals surface area contributed by atoms with E-state index in [-0.39, 0.29) is 12.6 Å². The highest BCUT2D eigenvalue weighted by molar-refractivity contribution is 7.98. The lowest BCUT2D eigenvalue weighted by Crippen LogP contribution is -2.40. The van der Waals surface area contributed by atoms with Crippen LogP contribution in [-0.4, -0.2) is 35.8 Å². The van der Waals surface area contributed by atoms with E-state index in [2.05, 4.69) is 5.32 Å². The standard InChI is InChI=1S/C12H15F3N2O2S/c1-20-6-8(2-3-18)16-12(19)17-11-9(14)4-7(13)5-10(11)15/h4-5,8,18H,2-3,6H2,1H3,(H2,16,17,19). The van der Waals surface area contributed by atoms with Crippen LogP contribution >= 0.6 is 11.8 Å². The monoisotopic (exact) mass is 308 g/mol. The van der Waals surface area contributed by atoms with Gasteiger partial charge in [0.05, 0.1) is 0 Å². The number of carbonyl (C=O) groups excluding carboxylic acids is 1. The molecular weight excluding hydrogens is 293 g/mol. The number of benzene rings is 1. The number of nitrogens with one attached hydrogen (secondary N) is 2. The second kappa shape index (κ2) is 8.01. The van der Waals surface area contributed by atoms with Gasteiger partial charge in [0.1, 0.15) is 11.5 Å². The third-order valence-electron chi connectivity index (χ3n) is 2.43. The number of aliphatic hydroxyl groups excluding tert-OH is 1. The first-order chi connectivity index (χ1) is 9.47. The lowest BCUT2D eigenvalue weighted by atomic mass is 10.2.